The quantitative estimate of drug-likeness (QED) is 0.382. The van der Waals surface area contributed by atoms with Gasteiger partial charge in [0.05, 0.1) is 27.2 Å². The standard InChI is InChI=1S/C21H11ClF4N2O/c22-15-7-3-1-5-13(15)19-27-17-8-4-2-6-14(17)20(29)28(19)18-10-9-12(11-16(18)23)21(24,25)26/h1-11H. The molecular formula is C21H11ClF4N2O. The number of para-hydroxylation sites is 1. The van der Waals surface area contributed by atoms with Crippen molar-refractivity contribution in [1.82, 2.24) is 9.55 Å². The maximum Gasteiger partial charge on any atom is 0.416 e. The molecule has 0 saturated carbocycles. The maximum atomic E-state index is 14.7. The van der Waals surface area contributed by atoms with Crippen LogP contribution in [0, 0.1) is 5.82 Å². The number of rotatable bonds is 2. The van der Waals surface area contributed by atoms with Crippen molar-refractivity contribution in [3.63, 3.8) is 0 Å². The molecule has 0 spiro atoms. The lowest BCUT2D eigenvalue weighted by atomic mass is 10.1. The molecule has 146 valence electrons. The smallest absolute Gasteiger partial charge is 0.268 e. The number of alkyl halides is 3. The van der Waals surface area contributed by atoms with Crippen molar-refractivity contribution < 1.29 is 17.6 Å². The Balaban J connectivity index is 2.09. The number of nitrogens with zero attached hydrogens (tertiary/aromatic N) is 2. The second-order valence-corrected chi connectivity index (χ2v) is 6.64. The highest BCUT2D eigenvalue weighted by molar-refractivity contribution is 6.33. The Morgan fingerprint density at radius 1 is 0.931 bits per heavy atom. The van der Waals surface area contributed by atoms with Gasteiger partial charge in [0.15, 0.2) is 0 Å². The van der Waals surface area contributed by atoms with E-state index in [1.807, 2.05) is 0 Å². The van der Waals surface area contributed by atoms with Crippen LogP contribution >= 0.6 is 11.6 Å². The molecule has 3 aromatic carbocycles. The summed E-state index contributed by atoms with van der Waals surface area (Å²) in [5.41, 5.74) is -1.42. The molecule has 0 bridgehead atoms. The Kier molecular flexibility index (Phi) is 4.62. The summed E-state index contributed by atoms with van der Waals surface area (Å²) in [5.74, 6) is -1.18. The highest BCUT2D eigenvalue weighted by atomic mass is 35.5. The van der Waals surface area contributed by atoms with Crippen LogP contribution < -0.4 is 5.56 Å². The van der Waals surface area contributed by atoms with Crippen LogP contribution in [0.3, 0.4) is 0 Å². The van der Waals surface area contributed by atoms with Gasteiger partial charge >= 0.3 is 6.18 Å². The fraction of sp³-hybridized carbons (Fsp3) is 0.0476. The van der Waals surface area contributed by atoms with Crippen molar-refractivity contribution >= 4 is 22.5 Å². The molecule has 0 aliphatic heterocycles. The van der Waals surface area contributed by atoms with Crippen LogP contribution in [0.15, 0.2) is 71.5 Å². The summed E-state index contributed by atoms with van der Waals surface area (Å²) in [6.45, 7) is 0. The van der Waals surface area contributed by atoms with E-state index >= 15 is 0 Å². The van der Waals surface area contributed by atoms with E-state index in [0.29, 0.717) is 17.1 Å². The average molecular weight is 419 g/mol. The van der Waals surface area contributed by atoms with Crippen LogP contribution in [-0.4, -0.2) is 9.55 Å². The van der Waals surface area contributed by atoms with Gasteiger partial charge in [0, 0.05) is 5.56 Å². The molecule has 0 unspecified atom stereocenters. The van der Waals surface area contributed by atoms with Crippen LogP contribution in [0.2, 0.25) is 5.02 Å². The minimum absolute atomic E-state index is 0.0259. The van der Waals surface area contributed by atoms with E-state index < -0.39 is 23.1 Å². The second-order valence-electron chi connectivity index (χ2n) is 6.24. The van der Waals surface area contributed by atoms with Crippen molar-refractivity contribution in [3.8, 4) is 17.1 Å². The fourth-order valence-electron chi connectivity index (χ4n) is 3.04. The molecule has 0 fully saturated rings. The molecule has 0 atom stereocenters. The summed E-state index contributed by atoms with van der Waals surface area (Å²) in [6.07, 6.45) is -4.71. The predicted molar refractivity (Wildman–Crippen MR) is 103 cm³/mol. The van der Waals surface area contributed by atoms with Gasteiger partial charge in [-0.3, -0.25) is 9.36 Å². The Bertz CT molecular complexity index is 1300. The van der Waals surface area contributed by atoms with Gasteiger partial charge in [-0.05, 0) is 42.5 Å². The predicted octanol–water partition coefficient (Wildman–Crippen LogP) is 5.86. The number of aromatic nitrogens is 2. The monoisotopic (exact) mass is 418 g/mol. The molecule has 1 heterocycles. The number of hydrogen-bond donors (Lipinski definition) is 0. The highest BCUT2D eigenvalue weighted by Gasteiger charge is 2.31. The lowest BCUT2D eigenvalue weighted by Crippen LogP contribution is -2.23. The van der Waals surface area contributed by atoms with Crippen molar-refractivity contribution in [2.45, 2.75) is 6.18 Å². The average Bonchev–Trinajstić information content (AvgIpc) is 2.68. The lowest BCUT2D eigenvalue weighted by molar-refractivity contribution is -0.137. The summed E-state index contributed by atoms with van der Waals surface area (Å²) in [6, 6.07) is 14.9. The molecule has 8 heteroatoms. The van der Waals surface area contributed by atoms with E-state index in [4.69, 9.17) is 11.6 Å². The Morgan fingerprint density at radius 2 is 1.62 bits per heavy atom. The topological polar surface area (TPSA) is 34.9 Å². The highest BCUT2D eigenvalue weighted by Crippen LogP contribution is 2.33. The molecule has 0 radical (unpaired) electrons. The molecule has 4 rings (SSSR count). The normalized spacial score (nSPS) is 11.8. The largest absolute Gasteiger partial charge is 0.416 e. The van der Waals surface area contributed by atoms with Crippen LogP contribution in [-0.2, 0) is 6.18 Å². The maximum absolute atomic E-state index is 14.7. The molecule has 0 amide bonds. The number of halogens is 5. The van der Waals surface area contributed by atoms with E-state index in [2.05, 4.69) is 4.98 Å². The lowest BCUT2D eigenvalue weighted by Gasteiger charge is -2.16. The van der Waals surface area contributed by atoms with Gasteiger partial charge in [-0.25, -0.2) is 9.37 Å². The van der Waals surface area contributed by atoms with Crippen LogP contribution in [0.4, 0.5) is 17.6 Å². The van der Waals surface area contributed by atoms with E-state index in [1.54, 1.807) is 42.5 Å². The third kappa shape index (κ3) is 3.38. The van der Waals surface area contributed by atoms with Crippen LogP contribution in [0.25, 0.3) is 28.0 Å². The van der Waals surface area contributed by atoms with Crippen LogP contribution in [0.5, 0.6) is 0 Å². The third-order valence-corrected chi connectivity index (χ3v) is 4.74. The summed E-state index contributed by atoms with van der Waals surface area (Å²) in [4.78, 5) is 17.6. The molecule has 0 aliphatic carbocycles. The molecule has 4 aromatic rings. The van der Waals surface area contributed by atoms with Gasteiger partial charge in [-0.15, -0.1) is 0 Å². The van der Waals surface area contributed by atoms with Crippen molar-refractivity contribution in [2.24, 2.45) is 0 Å². The first-order chi connectivity index (χ1) is 13.8. The zero-order chi connectivity index (χ0) is 20.8. The summed E-state index contributed by atoms with van der Waals surface area (Å²) >= 11 is 6.25. The van der Waals surface area contributed by atoms with Crippen LogP contribution in [0.1, 0.15) is 5.56 Å². The first-order valence-corrected chi connectivity index (χ1v) is 8.79. The fourth-order valence-corrected chi connectivity index (χ4v) is 3.26. The molecule has 0 N–H and O–H groups in total. The first kappa shape index (κ1) is 19.1. The van der Waals surface area contributed by atoms with Gasteiger partial charge in [0.25, 0.3) is 5.56 Å². The zero-order valence-corrected chi connectivity index (χ0v) is 15.3. The van der Waals surface area contributed by atoms with Gasteiger partial charge in [0.1, 0.15) is 11.6 Å². The number of hydrogen-bond acceptors (Lipinski definition) is 2. The minimum Gasteiger partial charge on any atom is -0.268 e. The summed E-state index contributed by atoms with van der Waals surface area (Å²) in [7, 11) is 0. The summed E-state index contributed by atoms with van der Waals surface area (Å²) < 4.78 is 54.4. The van der Waals surface area contributed by atoms with Gasteiger partial charge < -0.3 is 0 Å². The van der Waals surface area contributed by atoms with E-state index in [-0.39, 0.29) is 21.9 Å². The minimum atomic E-state index is -4.71. The zero-order valence-electron chi connectivity index (χ0n) is 14.5. The van der Waals surface area contributed by atoms with Crippen molar-refractivity contribution in [2.75, 3.05) is 0 Å². The van der Waals surface area contributed by atoms with E-state index in [1.165, 1.54) is 6.07 Å². The van der Waals surface area contributed by atoms with E-state index in [0.717, 1.165) is 16.7 Å². The van der Waals surface area contributed by atoms with Gasteiger partial charge in [-0.1, -0.05) is 35.9 Å². The molecule has 0 saturated heterocycles. The molecular weight excluding hydrogens is 408 g/mol. The molecule has 29 heavy (non-hydrogen) atoms. The summed E-state index contributed by atoms with van der Waals surface area (Å²) in [5, 5.41) is 0.457. The van der Waals surface area contributed by atoms with E-state index in [9.17, 15) is 22.4 Å². The molecule has 0 aliphatic rings. The van der Waals surface area contributed by atoms with Gasteiger partial charge in [0.2, 0.25) is 0 Å². The Labute approximate surface area is 166 Å². The Hall–Kier alpha value is -3.19. The van der Waals surface area contributed by atoms with Gasteiger partial charge in [-0.2, -0.15) is 13.2 Å². The Morgan fingerprint density at radius 3 is 2.31 bits per heavy atom. The third-order valence-electron chi connectivity index (χ3n) is 4.41. The number of benzene rings is 3. The number of fused-ring (bicyclic) bond motifs is 1. The van der Waals surface area contributed by atoms with Crippen molar-refractivity contribution in [3.05, 3.63) is 93.5 Å². The second kappa shape index (κ2) is 7.00. The first-order valence-electron chi connectivity index (χ1n) is 8.41. The van der Waals surface area contributed by atoms with Crippen molar-refractivity contribution in [1.29, 1.82) is 0 Å². The molecule has 1 aromatic heterocycles. The molecule has 3 nitrogen and oxygen atoms in total. The SMILES string of the molecule is O=c1c2ccccc2nc(-c2ccccc2Cl)n1-c1ccc(C(F)(F)F)cc1F.